The molecule has 0 radical (unpaired) electrons. The third-order valence-electron chi connectivity index (χ3n) is 5.21. The molecule has 1 saturated heterocycles. The highest BCUT2D eigenvalue weighted by Gasteiger charge is 2.41. The summed E-state index contributed by atoms with van der Waals surface area (Å²) in [5, 5.41) is 2.37. The summed E-state index contributed by atoms with van der Waals surface area (Å²) in [5.41, 5.74) is -2.03. The van der Waals surface area contributed by atoms with Gasteiger partial charge in [0.1, 0.15) is 11.5 Å². The monoisotopic (exact) mass is 425 g/mol. The molecular weight excluding hydrogens is 408 g/mol. The minimum atomic E-state index is -1.15. The summed E-state index contributed by atoms with van der Waals surface area (Å²) in [5.74, 6) is -2.34. The van der Waals surface area contributed by atoms with Crippen LogP contribution in [-0.4, -0.2) is 35.3 Å². The van der Waals surface area contributed by atoms with Gasteiger partial charge in [0.2, 0.25) is 17.3 Å². The lowest BCUT2D eigenvalue weighted by molar-refractivity contribution is -0.126. The van der Waals surface area contributed by atoms with Crippen molar-refractivity contribution in [1.82, 2.24) is 4.57 Å². The highest BCUT2D eigenvalue weighted by Crippen LogP contribution is 2.32. The second-order valence-corrected chi connectivity index (χ2v) is 7.26. The number of carbonyl (C=O) groups is 3. The van der Waals surface area contributed by atoms with Crippen molar-refractivity contribution >= 4 is 28.8 Å². The van der Waals surface area contributed by atoms with Crippen molar-refractivity contribution < 1.29 is 27.9 Å². The number of ether oxygens (including phenoxy) is 1. The maximum Gasteiger partial charge on any atom is 0.275 e. The summed E-state index contributed by atoms with van der Waals surface area (Å²) in [6.45, 7) is 8.60. The zero-order chi connectivity index (χ0) is 22.9. The minimum absolute atomic E-state index is 0.0700. The Morgan fingerprint density at radius 2 is 2.03 bits per heavy atom. The lowest BCUT2D eigenvalue weighted by atomic mass is 9.80. The molecule has 0 unspecified atom stereocenters. The van der Waals surface area contributed by atoms with Gasteiger partial charge in [0.25, 0.3) is 5.91 Å². The summed E-state index contributed by atoms with van der Waals surface area (Å²) < 4.78 is 34.7. The summed E-state index contributed by atoms with van der Waals surface area (Å²) in [7, 11) is 1.37. The largest absolute Gasteiger partial charge is 0.378 e. The summed E-state index contributed by atoms with van der Waals surface area (Å²) in [6, 6.07) is 3.31. The molecule has 2 heterocycles. The first kappa shape index (κ1) is 21.9. The molecule has 31 heavy (non-hydrogen) atoms. The van der Waals surface area contributed by atoms with Crippen LogP contribution in [0.25, 0.3) is 4.85 Å². The number of aromatic nitrogens is 1. The van der Waals surface area contributed by atoms with Crippen molar-refractivity contribution in [2.45, 2.75) is 13.3 Å². The van der Waals surface area contributed by atoms with Gasteiger partial charge in [-0.2, -0.15) is 0 Å². The number of nitrogens with one attached hydrogen (secondary N) is 1. The van der Waals surface area contributed by atoms with E-state index < -0.39 is 45.8 Å². The summed E-state index contributed by atoms with van der Waals surface area (Å²) >= 11 is 0. The first-order valence-corrected chi connectivity index (χ1v) is 9.10. The Bertz CT molecular complexity index is 1200. The van der Waals surface area contributed by atoms with Crippen molar-refractivity contribution in [3.63, 3.8) is 0 Å². The zero-order valence-electron chi connectivity index (χ0n) is 16.7. The molecule has 158 valence electrons. The first-order valence-electron chi connectivity index (χ1n) is 9.10. The van der Waals surface area contributed by atoms with Crippen molar-refractivity contribution in [2.75, 3.05) is 18.5 Å². The Labute approximate surface area is 176 Å². The van der Waals surface area contributed by atoms with E-state index in [4.69, 9.17) is 17.7 Å². The van der Waals surface area contributed by atoms with E-state index in [1.54, 1.807) is 0 Å². The number of hydrogen-bond acceptors (Lipinski definition) is 4. The standard InChI is InChI=1S/C22H17F2N3O4/c1-5-22(10-31-11-22)9-16(28)20(29)17-12(2)27(4)19(18(17)24)21(30)26-13-6-7-14(23)15(8-13)25-3/h1,6-8H,9-11H2,2,4H3,(H,26,30). The van der Waals surface area contributed by atoms with Crippen molar-refractivity contribution in [1.29, 1.82) is 0 Å². The number of terminal acetylenes is 1. The zero-order valence-corrected chi connectivity index (χ0v) is 16.7. The second-order valence-electron chi connectivity index (χ2n) is 7.26. The molecule has 0 aliphatic carbocycles. The number of anilines is 1. The van der Waals surface area contributed by atoms with Crippen molar-refractivity contribution in [2.24, 2.45) is 12.5 Å². The van der Waals surface area contributed by atoms with Gasteiger partial charge in [-0.25, -0.2) is 13.6 Å². The maximum absolute atomic E-state index is 15.1. The van der Waals surface area contributed by atoms with Crippen LogP contribution in [-0.2, 0) is 16.6 Å². The van der Waals surface area contributed by atoms with Crippen LogP contribution >= 0.6 is 0 Å². The maximum atomic E-state index is 15.1. The average molecular weight is 425 g/mol. The van der Waals surface area contributed by atoms with Crippen LogP contribution in [0.1, 0.15) is 33.0 Å². The number of amides is 1. The van der Waals surface area contributed by atoms with Gasteiger partial charge in [-0.3, -0.25) is 14.4 Å². The fourth-order valence-corrected chi connectivity index (χ4v) is 3.25. The molecule has 0 bridgehead atoms. The predicted octanol–water partition coefficient (Wildman–Crippen LogP) is 3.21. The molecule has 0 spiro atoms. The van der Waals surface area contributed by atoms with Gasteiger partial charge in [0, 0.05) is 24.8 Å². The molecule has 9 heteroatoms. The predicted molar refractivity (Wildman–Crippen MR) is 107 cm³/mol. The van der Waals surface area contributed by atoms with Gasteiger partial charge in [0.05, 0.1) is 30.8 Å². The SMILES string of the molecule is [C-]#[N+]c1cc(NC(=O)c2c(F)c(C(=O)C(=O)CC3(C#C)COC3)c(C)n2C)ccc1F. The van der Waals surface area contributed by atoms with Crippen LogP contribution in [0.3, 0.4) is 0 Å². The lowest BCUT2D eigenvalue weighted by Crippen LogP contribution is -2.44. The topological polar surface area (TPSA) is 81.8 Å². The minimum Gasteiger partial charge on any atom is -0.378 e. The van der Waals surface area contributed by atoms with Crippen LogP contribution in [0.4, 0.5) is 20.2 Å². The first-order chi connectivity index (χ1) is 14.6. The third kappa shape index (κ3) is 3.83. The van der Waals surface area contributed by atoms with Crippen LogP contribution < -0.4 is 5.32 Å². The van der Waals surface area contributed by atoms with Gasteiger partial charge in [-0.1, -0.05) is 5.92 Å². The molecule has 1 fully saturated rings. The molecule has 2 aromatic rings. The Hall–Kier alpha value is -3.82. The number of halogens is 2. The summed E-state index contributed by atoms with van der Waals surface area (Å²) in [6.07, 6.45) is 5.14. The van der Waals surface area contributed by atoms with Crippen LogP contribution in [0.2, 0.25) is 0 Å². The Morgan fingerprint density at radius 3 is 2.58 bits per heavy atom. The van der Waals surface area contributed by atoms with E-state index in [-0.39, 0.29) is 36.7 Å². The van der Waals surface area contributed by atoms with Gasteiger partial charge in [-0.15, -0.1) is 6.42 Å². The van der Waals surface area contributed by atoms with E-state index in [1.807, 2.05) is 0 Å². The molecule has 1 amide bonds. The molecule has 0 saturated carbocycles. The molecular formula is C22H17F2N3O4. The van der Waals surface area contributed by atoms with E-state index in [9.17, 15) is 18.8 Å². The molecule has 1 N–H and O–H groups in total. The molecule has 1 aliphatic heterocycles. The van der Waals surface area contributed by atoms with E-state index in [0.29, 0.717) is 0 Å². The van der Waals surface area contributed by atoms with E-state index in [2.05, 4.69) is 16.1 Å². The third-order valence-corrected chi connectivity index (χ3v) is 5.21. The lowest BCUT2D eigenvalue weighted by Gasteiger charge is -2.35. The Balaban J connectivity index is 1.89. The highest BCUT2D eigenvalue weighted by atomic mass is 19.1. The number of benzene rings is 1. The van der Waals surface area contributed by atoms with Crippen molar-refractivity contribution in [3.8, 4) is 12.3 Å². The average Bonchev–Trinajstić information content (AvgIpc) is 2.93. The Morgan fingerprint density at radius 1 is 1.35 bits per heavy atom. The van der Waals surface area contributed by atoms with Crippen LogP contribution in [0, 0.1) is 42.9 Å². The van der Waals surface area contributed by atoms with E-state index >= 15 is 4.39 Å². The smallest absolute Gasteiger partial charge is 0.275 e. The Kier molecular flexibility index (Phi) is 5.74. The molecule has 7 nitrogen and oxygen atoms in total. The van der Waals surface area contributed by atoms with Crippen molar-refractivity contribution in [3.05, 3.63) is 58.2 Å². The quantitative estimate of drug-likeness (QED) is 0.334. The second kappa shape index (κ2) is 8.13. The molecule has 3 rings (SSSR count). The van der Waals surface area contributed by atoms with Gasteiger partial charge in [0.15, 0.2) is 5.82 Å². The fourth-order valence-electron chi connectivity index (χ4n) is 3.25. The van der Waals surface area contributed by atoms with Gasteiger partial charge >= 0.3 is 0 Å². The molecule has 1 aromatic carbocycles. The number of Topliss-reactive ketones (excluding diaryl/α,β-unsaturated/α-hetero) is 2. The molecule has 1 aromatic heterocycles. The van der Waals surface area contributed by atoms with E-state index in [0.717, 1.165) is 16.7 Å². The molecule has 0 atom stereocenters. The normalized spacial score (nSPS) is 14.1. The fraction of sp³-hybridized carbons (Fsp3) is 0.273. The highest BCUT2D eigenvalue weighted by molar-refractivity contribution is 6.44. The number of carbonyl (C=O) groups excluding carboxylic acids is 3. The number of hydrogen-bond donors (Lipinski definition) is 1. The number of ketones is 2. The van der Waals surface area contributed by atoms with Gasteiger partial charge in [-0.05, 0) is 25.1 Å². The number of nitrogens with zero attached hydrogens (tertiary/aromatic N) is 2. The van der Waals surface area contributed by atoms with Crippen LogP contribution in [0.5, 0.6) is 0 Å². The van der Waals surface area contributed by atoms with Crippen LogP contribution in [0.15, 0.2) is 18.2 Å². The van der Waals surface area contributed by atoms with E-state index in [1.165, 1.54) is 20.0 Å². The molecule has 1 aliphatic rings. The summed E-state index contributed by atoms with van der Waals surface area (Å²) in [4.78, 5) is 40.8. The van der Waals surface area contributed by atoms with Gasteiger partial charge < -0.3 is 14.6 Å². The number of rotatable bonds is 6.